The second kappa shape index (κ2) is 7.85. The van der Waals surface area contributed by atoms with E-state index in [0.717, 1.165) is 10.7 Å². The minimum absolute atomic E-state index is 0.0809. The van der Waals surface area contributed by atoms with Gasteiger partial charge in [-0.2, -0.15) is 18.3 Å². The fourth-order valence-electron chi connectivity index (χ4n) is 4.08. The number of aromatic nitrogens is 5. The molecule has 3 N–H and O–H groups in total. The van der Waals surface area contributed by atoms with Gasteiger partial charge in [-0.15, -0.1) is 0 Å². The molecule has 0 spiro atoms. The lowest BCUT2D eigenvalue weighted by Crippen LogP contribution is -2.45. The molecule has 1 amide bonds. The zero-order valence-electron chi connectivity index (χ0n) is 18.8. The van der Waals surface area contributed by atoms with Gasteiger partial charge in [-0.1, -0.05) is 0 Å². The monoisotopic (exact) mass is 525 g/mol. The fourth-order valence-corrected chi connectivity index (χ4v) is 4.08. The predicted molar refractivity (Wildman–Crippen MR) is 115 cm³/mol. The number of hydrogen-bond donors (Lipinski definition) is 2. The minimum atomic E-state index is -5.03. The molecule has 192 valence electrons. The SMILES string of the molecule is Cc1nc2c(cc1F)c(-c1nc(N)c3c(n1)NC(=O)C3(C)C(F)(F)F)nn2Cc1c(F)ccc(F)c1F. The number of nitrogens with zero attached hydrogens (tertiary/aromatic N) is 5. The molecule has 1 atom stereocenters. The third kappa shape index (κ3) is 3.48. The van der Waals surface area contributed by atoms with Crippen molar-refractivity contribution in [1.82, 2.24) is 24.7 Å². The van der Waals surface area contributed by atoms with Crippen LogP contribution in [0.1, 0.15) is 23.7 Å². The van der Waals surface area contributed by atoms with Crippen molar-refractivity contribution < 1.29 is 35.5 Å². The van der Waals surface area contributed by atoms with E-state index in [2.05, 4.69) is 20.1 Å². The van der Waals surface area contributed by atoms with E-state index in [1.807, 2.05) is 5.32 Å². The van der Waals surface area contributed by atoms with Gasteiger partial charge >= 0.3 is 6.18 Å². The molecule has 0 radical (unpaired) electrons. The van der Waals surface area contributed by atoms with Crippen molar-refractivity contribution in [3.05, 3.63) is 58.3 Å². The molecule has 0 bridgehead atoms. The number of amides is 1. The summed E-state index contributed by atoms with van der Waals surface area (Å²) in [6, 6.07) is 2.28. The van der Waals surface area contributed by atoms with Crippen LogP contribution in [-0.4, -0.2) is 36.8 Å². The number of nitrogens with one attached hydrogen (secondary N) is 1. The van der Waals surface area contributed by atoms with Gasteiger partial charge in [0.15, 0.2) is 28.5 Å². The van der Waals surface area contributed by atoms with Crippen molar-refractivity contribution in [2.45, 2.75) is 32.0 Å². The summed E-state index contributed by atoms with van der Waals surface area (Å²) in [5.74, 6) is -7.75. The number of benzene rings is 1. The van der Waals surface area contributed by atoms with E-state index < -0.39 is 75.9 Å². The van der Waals surface area contributed by atoms with Gasteiger partial charge in [0.2, 0.25) is 5.91 Å². The smallest absolute Gasteiger partial charge is 0.383 e. The Balaban J connectivity index is 1.72. The molecule has 3 aromatic heterocycles. The molecule has 5 rings (SSSR count). The summed E-state index contributed by atoms with van der Waals surface area (Å²) >= 11 is 0. The van der Waals surface area contributed by atoms with Crippen molar-refractivity contribution in [2.75, 3.05) is 11.1 Å². The summed E-state index contributed by atoms with van der Waals surface area (Å²) in [5, 5.41) is 6.08. The molecule has 1 unspecified atom stereocenters. The van der Waals surface area contributed by atoms with E-state index in [0.29, 0.717) is 19.1 Å². The fraction of sp³-hybridized carbons (Fsp3) is 0.227. The number of pyridine rings is 1. The number of carbonyl (C=O) groups is 1. The number of halogens is 7. The van der Waals surface area contributed by atoms with Crippen molar-refractivity contribution in [3.63, 3.8) is 0 Å². The summed E-state index contributed by atoms with van der Waals surface area (Å²) in [6.07, 6.45) is -5.03. The predicted octanol–water partition coefficient (Wildman–Crippen LogP) is 4.16. The van der Waals surface area contributed by atoms with Crippen LogP contribution in [0.3, 0.4) is 0 Å². The third-order valence-corrected chi connectivity index (χ3v) is 6.20. The molecule has 1 aromatic carbocycles. The molecule has 8 nitrogen and oxygen atoms in total. The first kappa shape index (κ1) is 24.4. The number of nitrogen functional groups attached to an aromatic ring is 1. The zero-order valence-corrected chi connectivity index (χ0v) is 18.8. The maximum Gasteiger partial charge on any atom is 0.407 e. The molecule has 15 heteroatoms. The molecular formula is C22H14F7N7O. The Labute approximate surface area is 202 Å². The van der Waals surface area contributed by atoms with Crippen molar-refractivity contribution in [2.24, 2.45) is 0 Å². The van der Waals surface area contributed by atoms with E-state index in [9.17, 15) is 35.5 Å². The van der Waals surface area contributed by atoms with Crippen molar-refractivity contribution >= 4 is 28.6 Å². The highest BCUT2D eigenvalue weighted by Crippen LogP contribution is 2.50. The number of fused-ring (bicyclic) bond motifs is 2. The number of rotatable bonds is 3. The second-order valence-corrected chi connectivity index (χ2v) is 8.49. The molecule has 4 aromatic rings. The standard InChI is InChI=1S/C22H14F7N7O/c1-7-12(25)5-8-15(35-36(19(8)31-7)6-9-10(23)3-4-11(24)14(9)26)18-32-16(30)13-17(33-18)34-20(37)21(13,2)22(27,28)29/h3-5H,6H2,1-2H3,(H3,30,32,33,34,37). The Hall–Kier alpha value is -4.30. The van der Waals surface area contributed by atoms with Gasteiger partial charge in [0.1, 0.15) is 29.0 Å². The molecule has 0 aliphatic carbocycles. The minimum Gasteiger partial charge on any atom is -0.383 e. The zero-order chi connectivity index (χ0) is 27.0. The number of hydrogen-bond acceptors (Lipinski definition) is 6. The Morgan fingerprint density at radius 2 is 1.73 bits per heavy atom. The molecule has 1 aliphatic rings. The van der Waals surface area contributed by atoms with Gasteiger partial charge in [-0.05, 0) is 32.0 Å². The number of alkyl halides is 3. The maximum atomic E-state index is 14.4. The molecule has 0 saturated heterocycles. The highest BCUT2D eigenvalue weighted by Gasteiger charge is 2.63. The van der Waals surface area contributed by atoms with Gasteiger partial charge in [0.25, 0.3) is 0 Å². The van der Waals surface area contributed by atoms with Crippen molar-refractivity contribution in [1.29, 1.82) is 0 Å². The van der Waals surface area contributed by atoms with Crippen LogP contribution in [0.5, 0.6) is 0 Å². The normalized spacial score (nSPS) is 17.4. The highest BCUT2D eigenvalue weighted by atomic mass is 19.4. The van der Waals surface area contributed by atoms with Crippen LogP contribution in [-0.2, 0) is 16.8 Å². The second-order valence-electron chi connectivity index (χ2n) is 8.49. The van der Waals surface area contributed by atoms with Crippen LogP contribution in [0.4, 0.5) is 42.4 Å². The first-order chi connectivity index (χ1) is 17.2. The molecule has 1 aliphatic heterocycles. The van der Waals surface area contributed by atoms with E-state index in [1.54, 1.807) is 0 Å². The molecule has 0 fully saturated rings. The van der Waals surface area contributed by atoms with Crippen LogP contribution >= 0.6 is 0 Å². The van der Waals surface area contributed by atoms with Crippen LogP contribution in [0.25, 0.3) is 22.6 Å². The van der Waals surface area contributed by atoms with Crippen molar-refractivity contribution in [3.8, 4) is 11.5 Å². The van der Waals surface area contributed by atoms with Gasteiger partial charge < -0.3 is 11.1 Å². The molecule has 37 heavy (non-hydrogen) atoms. The highest BCUT2D eigenvalue weighted by molar-refractivity contribution is 6.07. The Morgan fingerprint density at radius 1 is 1.05 bits per heavy atom. The number of carbonyl (C=O) groups excluding carboxylic acids is 1. The molecular weight excluding hydrogens is 511 g/mol. The lowest BCUT2D eigenvalue weighted by molar-refractivity contribution is -0.186. The van der Waals surface area contributed by atoms with Crippen LogP contribution in [0.2, 0.25) is 0 Å². The Morgan fingerprint density at radius 3 is 2.41 bits per heavy atom. The lowest BCUT2D eigenvalue weighted by Gasteiger charge is -2.25. The van der Waals surface area contributed by atoms with E-state index in [1.165, 1.54) is 6.92 Å². The first-order valence-electron chi connectivity index (χ1n) is 10.5. The van der Waals surface area contributed by atoms with E-state index in [4.69, 9.17) is 5.73 Å². The van der Waals surface area contributed by atoms with Gasteiger partial charge in [0.05, 0.1) is 23.2 Å². The van der Waals surface area contributed by atoms with E-state index in [-0.39, 0.29) is 22.4 Å². The summed E-state index contributed by atoms with van der Waals surface area (Å²) < 4.78 is 98.9. The summed E-state index contributed by atoms with van der Waals surface area (Å²) in [6.45, 7) is 1.25. The summed E-state index contributed by atoms with van der Waals surface area (Å²) in [7, 11) is 0. The third-order valence-electron chi connectivity index (χ3n) is 6.20. The van der Waals surface area contributed by atoms with Crippen LogP contribution in [0.15, 0.2) is 18.2 Å². The average Bonchev–Trinajstić information content (AvgIpc) is 3.29. The maximum absolute atomic E-state index is 14.4. The topological polar surface area (TPSA) is 112 Å². The lowest BCUT2D eigenvalue weighted by atomic mass is 9.84. The summed E-state index contributed by atoms with van der Waals surface area (Å²) in [5.41, 5.74) is 0.920. The summed E-state index contributed by atoms with van der Waals surface area (Å²) in [4.78, 5) is 24.1. The molecule has 0 saturated carbocycles. The van der Waals surface area contributed by atoms with Crippen LogP contribution < -0.4 is 11.1 Å². The Bertz CT molecular complexity index is 1630. The quantitative estimate of drug-likeness (QED) is 0.307. The average molecular weight is 525 g/mol. The number of nitrogens with two attached hydrogens (primary N) is 1. The first-order valence-corrected chi connectivity index (χ1v) is 10.5. The Kier molecular flexibility index (Phi) is 5.17. The number of aryl methyl sites for hydroxylation is 1. The van der Waals surface area contributed by atoms with Gasteiger partial charge in [0, 0.05) is 5.56 Å². The van der Waals surface area contributed by atoms with Gasteiger partial charge in [-0.25, -0.2) is 37.2 Å². The molecule has 4 heterocycles. The number of anilines is 2. The van der Waals surface area contributed by atoms with E-state index >= 15 is 0 Å². The van der Waals surface area contributed by atoms with Crippen LogP contribution in [0, 0.1) is 30.2 Å². The largest absolute Gasteiger partial charge is 0.407 e. The van der Waals surface area contributed by atoms with Gasteiger partial charge in [-0.3, -0.25) is 4.79 Å².